The van der Waals surface area contributed by atoms with E-state index < -0.39 is 11.2 Å². The van der Waals surface area contributed by atoms with Crippen molar-refractivity contribution in [1.82, 2.24) is 0 Å². The van der Waals surface area contributed by atoms with Crippen molar-refractivity contribution in [2.45, 2.75) is 52.2 Å². The van der Waals surface area contributed by atoms with Crippen molar-refractivity contribution in [3.63, 3.8) is 0 Å². The van der Waals surface area contributed by atoms with Crippen LogP contribution in [0.5, 0.6) is 5.75 Å². The normalized spacial score (nSPS) is 17.3. The fourth-order valence-electron chi connectivity index (χ4n) is 2.39. The van der Waals surface area contributed by atoms with Crippen LogP contribution in [0.15, 0.2) is 18.2 Å². The summed E-state index contributed by atoms with van der Waals surface area (Å²) in [6.45, 7) is 8.48. The highest BCUT2D eigenvalue weighted by Crippen LogP contribution is 2.37. The summed E-state index contributed by atoms with van der Waals surface area (Å²) in [5, 5.41) is 9.85. The summed E-state index contributed by atoms with van der Waals surface area (Å²) in [5.41, 5.74) is -0.0499. The zero-order valence-corrected chi connectivity index (χ0v) is 13.7. The number of hydrogen-bond donors (Lipinski definition) is 1. The summed E-state index contributed by atoms with van der Waals surface area (Å²) in [4.78, 5) is 24.1. The standard InChI is InChI=1S/C18H22O4/c1-11(19)13-8-12(6-7-17(2,3)21)16-14(9-13)15(20)10-18(4,5)22-16/h6-9,21H,10H2,1-5H3. The molecule has 1 aromatic carbocycles. The summed E-state index contributed by atoms with van der Waals surface area (Å²) in [6.07, 6.45) is 3.58. The van der Waals surface area contributed by atoms with E-state index in [1.807, 2.05) is 13.8 Å². The molecule has 1 heterocycles. The largest absolute Gasteiger partial charge is 0.486 e. The van der Waals surface area contributed by atoms with E-state index in [9.17, 15) is 14.7 Å². The van der Waals surface area contributed by atoms with Gasteiger partial charge in [0.05, 0.1) is 17.6 Å². The summed E-state index contributed by atoms with van der Waals surface area (Å²) >= 11 is 0. The van der Waals surface area contributed by atoms with E-state index in [1.165, 1.54) is 6.92 Å². The van der Waals surface area contributed by atoms with Gasteiger partial charge in [0.1, 0.15) is 11.4 Å². The van der Waals surface area contributed by atoms with E-state index in [1.54, 1.807) is 38.1 Å². The summed E-state index contributed by atoms with van der Waals surface area (Å²) in [5.74, 6) is 0.331. The number of benzene rings is 1. The molecule has 1 aliphatic rings. The van der Waals surface area contributed by atoms with Crippen molar-refractivity contribution >= 4 is 17.6 Å². The van der Waals surface area contributed by atoms with E-state index >= 15 is 0 Å². The van der Waals surface area contributed by atoms with Crippen LogP contribution in [0.1, 0.15) is 67.3 Å². The second kappa shape index (κ2) is 5.36. The van der Waals surface area contributed by atoms with Crippen LogP contribution in [-0.4, -0.2) is 27.9 Å². The van der Waals surface area contributed by atoms with Crippen molar-refractivity contribution in [2.24, 2.45) is 0 Å². The number of Topliss-reactive ketones (excluding diaryl/α,β-unsaturated/α-hetero) is 2. The molecule has 0 amide bonds. The lowest BCUT2D eigenvalue weighted by atomic mass is 9.89. The lowest BCUT2D eigenvalue weighted by molar-refractivity contribution is 0.0618. The SMILES string of the molecule is CC(=O)c1cc(C=CC(C)(C)O)c2c(c1)C(=O)CC(C)(C)O2. The highest BCUT2D eigenvalue weighted by molar-refractivity contribution is 6.05. The van der Waals surface area contributed by atoms with Gasteiger partial charge < -0.3 is 9.84 Å². The van der Waals surface area contributed by atoms with Crippen LogP contribution in [0.4, 0.5) is 0 Å². The van der Waals surface area contributed by atoms with Crippen LogP contribution in [-0.2, 0) is 0 Å². The molecule has 0 aliphatic carbocycles. The van der Waals surface area contributed by atoms with Crippen molar-refractivity contribution in [3.05, 3.63) is 34.9 Å². The Balaban J connectivity index is 2.63. The summed E-state index contributed by atoms with van der Waals surface area (Å²) < 4.78 is 5.96. The van der Waals surface area contributed by atoms with Crippen LogP contribution in [0, 0.1) is 0 Å². The Morgan fingerprint density at radius 3 is 2.55 bits per heavy atom. The lowest BCUT2D eigenvalue weighted by Gasteiger charge is -2.33. The highest BCUT2D eigenvalue weighted by atomic mass is 16.5. The number of hydrogen-bond acceptors (Lipinski definition) is 4. The molecule has 2 rings (SSSR count). The van der Waals surface area contributed by atoms with Crippen molar-refractivity contribution in [3.8, 4) is 5.75 Å². The van der Waals surface area contributed by atoms with Gasteiger partial charge in [-0.1, -0.05) is 12.2 Å². The molecule has 22 heavy (non-hydrogen) atoms. The number of rotatable bonds is 3. The Morgan fingerprint density at radius 1 is 1.36 bits per heavy atom. The molecule has 0 aromatic heterocycles. The fraction of sp³-hybridized carbons (Fsp3) is 0.444. The van der Waals surface area contributed by atoms with Gasteiger partial charge in [-0.3, -0.25) is 9.59 Å². The molecular weight excluding hydrogens is 280 g/mol. The molecule has 0 radical (unpaired) electrons. The maximum Gasteiger partial charge on any atom is 0.170 e. The zero-order chi connectivity index (χ0) is 16.7. The average Bonchev–Trinajstić information content (AvgIpc) is 2.33. The maximum atomic E-state index is 12.4. The molecule has 1 aliphatic heterocycles. The molecule has 0 unspecified atom stereocenters. The number of ketones is 2. The minimum atomic E-state index is -0.993. The van der Waals surface area contributed by atoms with Crippen molar-refractivity contribution in [2.75, 3.05) is 0 Å². The third-order valence-corrected chi connectivity index (χ3v) is 3.46. The number of fused-ring (bicyclic) bond motifs is 1. The van der Waals surface area contributed by atoms with Crippen molar-refractivity contribution in [1.29, 1.82) is 0 Å². The first-order valence-corrected chi connectivity index (χ1v) is 7.31. The van der Waals surface area contributed by atoms with E-state index in [0.717, 1.165) is 0 Å². The van der Waals surface area contributed by atoms with Crippen LogP contribution >= 0.6 is 0 Å². The topological polar surface area (TPSA) is 63.6 Å². The summed E-state index contributed by atoms with van der Waals surface area (Å²) in [6, 6.07) is 3.29. The monoisotopic (exact) mass is 302 g/mol. The number of carbonyl (C=O) groups excluding carboxylic acids is 2. The Hall–Kier alpha value is -1.94. The molecule has 0 saturated heterocycles. The smallest absolute Gasteiger partial charge is 0.170 e. The van der Waals surface area contributed by atoms with Gasteiger partial charge in [0.2, 0.25) is 0 Å². The van der Waals surface area contributed by atoms with E-state index in [-0.39, 0.29) is 18.0 Å². The van der Waals surface area contributed by atoms with Gasteiger partial charge in [-0.15, -0.1) is 0 Å². The molecule has 1 aromatic rings. The predicted molar refractivity (Wildman–Crippen MR) is 85.4 cm³/mol. The second-order valence-corrected chi connectivity index (χ2v) is 6.95. The van der Waals surface area contributed by atoms with E-state index in [4.69, 9.17) is 4.74 Å². The quantitative estimate of drug-likeness (QED) is 0.869. The van der Waals surface area contributed by atoms with Crippen molar-refractivity contribution < 1.29 is 19.4 Å². The Kier molecular flexibility index (Phi) is 4.00. The minimum absolute atomic E-state index is 0.0349. The first kappa shape index (κ1) is 16.4. The average molecular weight is 302 g/mol. The van der Waals surface area contributed by atoms with Crippen LogP contribution in [0.25, 0.3) is 6.08 Å². The lowest BCUT2D eigenvalue weighted by Crippen LogP contribution is -2.36. The molecule has 4 heteroatoms. The van der Waals surface area contributed by atoms with Gasteiger partial charge in [0.15, 0.2) is 11.6 Å². The fourth-order valence-corrected chi connectivity index (χ4v) is 2.39. The Morgan fingerprint density at radius 2 is 2.00 bits per heavy atom. The summed E-state index contributed by atoms with van der Waals surface area (Å²) in [7, 11) is 0. The molecule has 0 bridgehead atoms. The number of carbonyl (C=O) groups is 2. The minimum Gasteiger partial charge on any atom is -0.486 e. The number of ether oxygens (including phenoxy) is 1. The van der Waals surface area contributed by atoms with Gasteiger partial charge >= 0.3 is 0 Å². The molecule has 118 valence electrons. The molecular formula is C18H22O4. The Bertz CT molecular complexity index is 660. The first-order chi connectivity index (χ1) is 9.98. The maximum absolute atomic E-state index is 12.4. The number of aliphatic hydroxyl groups is 1. The molecule has 0 fully saturated rings. The van der Waals surface area contributed by atoms with Gasteiger partial charge in [-0.05, 0) is 46.8 Å². The van der Waals surface area contributed by atoms with Gasteiger partial charge in [-0.2, -0.15) is 0 Å². The van der Waals surface area contributed by atoms with E-state index in [0.29, 0.717) is 22.4 Å². The van der Waals surface area contributed by atoms with Crippen LogP contribution < -0.4 is 4.74 Å². The van der Waals surface area contributed by atoms with E-state index in [2.05, 4.69) is 0 Å². The third-order valence-electron chi connectivity index (χ3n) is 3.46. The molecule has 0 atom stereocenters. The van der Waals surface area contributed by atoms with Crippen LogP contribution in [0.3, 0.4) is 0 Å². The molecule has 0 spiro atoms. The highest BCUT2D eigenvalue weighted by Gasteiger charge is 2.34. The molecule has 0 saturated carbocycles. The first-order valence-electron chi connectivity index (χ1n) is 7.31. The predicted octanol–water partition coefficient (Wildman–Crippen LogP) is 3.42. The third kappa shape index (κ3) is 3.63. The zero-order valence-electron chi connectivity index (χ0n) is 13.7. The van der Waals surface area contributed by atoms with Gasteiger partial charge in [0, 0.05) is 11.1 Å². The van der Waals surface area contributed by atoms with Crippen LogP contribution in [0.2, 0.25) is 0 Å². The van der Waals surface area contributed by atoms with Gasteiger partial charge in [-0.25, -0.2) is 0 Å². The molecule has 4 nitrogen and oxygen atoms in total. The Labute approximate surface area is 130 Å². The second-order valence-electron chi connectivity index (χ2n) is 6.95. The molecule has 1 N–H and O–H groups in total. The van der Waals surface area contributed by atoms with Gasteiger partial charge in [0.25, 0.3) is 0 Å².